The van der Waals surface area contributed by atoms with E-state index in [-0.39, 0.29) is 5.91 Å². The van der Waals surface area contributed by atoms with E-state index in [4.69, 9.17) is 20.8 Å². The quantitative estimate of drug-likeness (QED) is 0.341. The lowest BCUT2D eigenvalue weighted by Crippen LogP contribution is -2.22. The first-order chi connectivity index (χ1) is 14.0. The zero-order valence-electron chi connectivity index (χ0n) is 17.0. The van der Waals surface area contributed by atoms with E-state index in [9.17, 15) is 4.79 Å². The number of benzene rings is 2. The van der Waals surface area contributed by atoms with E-state index in [2.05, 4.69) is 12.2 Å². The Bertz CT molecular complexity index is 1020. The van der Waals surface area contributed by atoms with Crippen LogP contribution in [0.5, 0.6) is 5.75 Å². The number of carbonyl (C=O) groups excluding carboxylic acids is 1. The van der Waals surface area contributed by atoms with Gasteiger partial charge in [-0.05, 0) is 49.6 Å². The van der Waals surface area contributed by atoms with Gasteiger partial charge in [0, 0.05) is 40.2 Å². The number of amides is 1. The molecule has 0 aliphatic heterocycles. The Labute approximate surface area is 176 Å². The molecule has 1 aromatic heterocycles. The SMILES string of the molecule is CCCCNC(=O)/C=C(\C)c1cc2c(-c3ccc(Cl)cc3)coc2cc1OCC. The second-order valence-corrected chi connectivity index (χ2v) is 7.34. The summed E-state index contributed by atoms with van der Waals surface area (Å²) in [4.78, 5) is 12.2. The van der Waals surface area contributed by atoms with Gasteiger partial charge in [0.15, 0.2) is 0 Å². The Balaban J connectivity index is 2.02. The van der Waals surface area contributed by atoms with E-state index >= 15 is 0 Å². The van der Waals surface area contributed by atoms with Gasteiger partial charge in [0.1, 0.15) is 11.3 Å². The molecule has 0 aliphatic carbocycles. The maximum Gasteiger partial charge on any atom is 0.244 e. The van der Waals surface area contributed by atoms with Crippen molar-refractivity contribution in [1.29, 1.82) is 0 Å². The van der Waals surface area contributed by atoms with Crippen LogP contribution in [-0.2, 0) is 4.79 Å². The highest BCUT2D eigenvalue weighted by Gasteiger charge is 2.15. The Morgan fingerprint density at radius 3 is 2.66 bits per heavy atom. The molecule has 1 amide bonds. The van der Waals surface area contributed by atoms with Crippen molar-refractivity contribution in [2.24, 2.45) is 0 Å². The molecular weight excluding hydrogens is 386 g/mol. The second kappa shape index (κ2) is 9.66. The molecule has 0 saturated carbocycles. The lowest BCUT2D eigenvalue weighted by Gasteiger charge is -2.12. The lowest BCUT2D eigenvalue weighted by atomic mass is 9.99. The van der Waals surface area contributed by atoms with Crippen molar-refractivity contribution in [3.63, 3.8) is 0 Å². The number of ether oxygens (including phenoxy) is 1. The van der Waals surface area contributed by atoms with E-state index in [1.165, 1.54) is 0 Å². The summed E-state index contributed by atoms with van der Waals surface area (Å²) in [6, 6.07) is 11.6. The monoisotopic (exact) mass is 411 g/mol. The Morgan fingerprint density at radius 1 is 1.21 bits per heavy atom. The molecule has 3 aromatic rings. The summed E-state index contributed by atoms with van der Waals surface area (Å²) in [5, 5.41) is 4.57. The van der Waals surface area contributed by atoms with Gasteiger partial charge >= 0.3 is 0 Å². The normalized spacial score (nSPS) is 11.7. The molecule has 0 aliphatic rings. The number of halogens is 1. The van der Waals surface area contributed by atoms with Crippen LogP contribution in [0.25, 0.3) is 27.7 Å². The smallest absolute Gasteiger partial charge is 0.244 e. The minimum absolute atomic E-state index is 0.0939. The minimum atomic E-state index is -0.0939. The van der Waals surface area contributed by atoms with Gasteiger partial charge in [0.05, 0.1) is 12.9 Å². The highest BCUT2D eigenvalue weighted by Crippen LogP contribution is 2.37. The number of allylic oxidation sites excluding steroid dienone is 1. The third-order valence-electron chi connectivity index (χ3n) is 4.73. The van der Waals surface area contributed by atoms with Crippen LogP contribution in [-0.4, -0.2) is 19.1 Å². The maximum absolute atomic E-state index is 12.2. The minimum Gasteiger partial charge on any atom is -0.493 e. The molecule has 0 unspecified atom stereocenters. The molecule has 1 heterocycles. The topological polar surface area (TPSA) is 51.5 Å². The summed E-state index contributed by atoms with van der Waals surface area (Å²) >= 11 is 6.02. The van der Waals surface area contributed by atoms with Gasteiger partial charge in [-0.15, -0.1) is 0 Å². The number of carbonyl (C=O) groups is 1. The van der Waals surface area contributed by atoms with Crippen LogP contribution in [0.15, 0.2) is 53.2 Å². The van der Waals surface area contributed by atoms with E-state index in [0.29, 0.717) is 23.9 Å². The van der Waals surface area contributed by atoms with Crippen molar-refractivity contribution in [3.8, 4) is 16.9 Å². The van der Waals surface area contributed by atoms with Crippen molar-refractivity contribution in [1.82, 2.24) is 5.32 Å². The number of hydrogen-bond donors (Lipinski definition) is 1. The van der Waals surface area contributed by atoms with E-state index in [1.807, 2.05) is 50.2 Å². The summed E-state index contributed by atoms with van der Waals surface area (Å²) in [6.45, 7) is 7.16. The molecular formula is C24H26ClNO3. The largest absolute Gasteiger partial charge is 0.493 e. The van der Waals surface area contributed by atoms with E-state index in [1.54, 1.807) is 12.3 Å². The Hall–Kier alpha value is -2.72. The number of hydrogen-bond acceptors (Lipinski definition) is 3. The fourth-order valence-electron chi connectivity index (χ4n) is 3.20. The molecule has 0 bridgehead atoms. The zero-order chi connectivity index (χ0) is 20.8. The predicted molar refractivity (Wildman–Crippen MR) is 119 cm³/mol. The van der Waals surface area contributed by atoms with Gasteiger partial charge in [-0.1, -0.05) is 37.1 Å². The average molecular weight is 412 g/mol. The van der Waals surface area contributed by atoms with Crippen LogP contribution in [0.4, 0.5) is 0 Å². The van der Waals surface area contributed by atoms with Gasteiger partial charge in [-0.2, -0.15) is 0 Å². The third-order valence-corrected chi connectivity index (χ3v) is 4.98. The van der Waals surface area contributed by atoms with Gasteiger partial charge in [0.2, 0.25) is 5.91 Å². The molecule has 0 fully saturated rings. The predicted octanol–water partition coefficient (Wildman–Crippen LogP) is 6.47. The number of furan rings is 1. The molecule has 29 heavy (non-hydrogen) atoms. The molecule has 0 atom stereocenters. The van der Waals surface area contributed by atoms with Crippen LogP contribution in [0.1, 0.15) is 39.2 Å². The second-order valence-electron chi connectivity index (χ2n) is 6.91. The van der Waals surface area contributed by atoms with Crippen molar-refractivity contribution < 1.29 is 13.9 Å². The molecule has 3 rings (SSSR count). The molecule has 0 radical (unpaired) electrons. The number of rotatable bonds is 8. The lowest BCUT2D eigenvalue weighted by molar-refractivity contribution is -0.116. The van der Waals surface area contributed by atoms with Crippen LogP contribution >= 0.6 is 11.6 Å². The summed E-state index contributed by atoms with van der Waals surface area (Å²) < 4.78 is 11.6. The van der Waals surface area contributed by atoms with Gasteiger partial charge in [0.25, 0.3) is 0 Å². The standard InChI is InChI=1S/C24H26ClNO3/c1-4-6-11-26-24(27)12-16(3)19-13-20-21(17-7-9-18(25)10-8-17)15-29-23(20)14-22(19)28-5-2/h7-10,12-15H,4-6,11H2,1-3H3,(H,26,27)/b16-12+. The van der Waals surface area contributed by atoms with Crippen molar-refractivity contribution in [2.75, 3.05) is 13.2 Å². The third kappa shape index (κ3) is 5.01. The summed E-state index contributed by atoms with van der Waals surface area (Å²) in [5.74, 6) is 0.607. The summed E-state index contributed by atoms with van der Waals surface area (Å²) in [5.41, 5.74) is 4.44. The van der Waals surface area contributed by atoms with Crippen LogP contribution in [0.2, 0.25) is 5.02 Å². The first-order valence-electron chi connectivity index (χ1n) is 9.94. The van der Waals surface area contributed by atoms with Crippen LogP contribution in [0, 0.1) is 0 Å². The average Bonchev–Trinajstić information content (AvgIpc) is 3.11. The molecule has 0 saturated heterocycles. The van der Waals surface area contributed by atoms with E-state index < -0.39 is 0 Å². The maximum atomic E-state index is 12.2. The highest BCUT2D eigenvalue weighted by molar-refractivity contribution is 6.30. The Kier molecular flexibility index (Phi) is 6.99. The number of unbranched alkanes of at least 4 members (excludes halogenated alkanes) is 1. The number of fused-ring (bicyclic) bond motifs is 1. The fraction of sp³-hybridized carbons (Fsp3) is 0.292. The van der Waals surface area contributed by atoms with Crippen molar-refractivity contribution in [2.45, 2.75) is 33.6 Å². The van der Waals surface area contributed by atoms with Gasteiger partial charge in [-0.25, -0.2) is 0 Å². The zero-order valence-corrected chi connectivity index (χ0v) is 17.8. The molecule has 2 aromatic carbocycles. The highest BCUT2D eigenvalue weighted by atomic mass is 35.5. The summed E-state index contributed by atoms with van der Waals surface area (Å²) in [6.07, 6.45) is 5.38. The first kappa shape index (κ1) is 21.0. The molecule has 1 N–H and O–H groups in total. The Morgan fingerprint density at radius 2 is 1.97 bits per heavy atom. The van der Waals surface area contributed by atoms with Gasteiger partial charge < -0.3 is 14.5 Å². The molecule has 152 valence electrons. The molecule has 5 heteroatoms. The fourth-order valence-corrected chi connectivity index (χ4v) is 3.33. The van der Waals surface area contributed by atoms with Crippen LogP contribution < -0.4 is 10.1 Å². The van der Waals surface area contributed by atoms with Crippen molar-refractivity contribution >= 4 is 34.1 Å². The molecule has 0 spiro atoms. The van der Waals surface area contributed by atoms with E-state index in [0.717, 1.165) is 46.1 Å². The summed E-state index contributed by atoms with van der Waals surface area (Å²) in [7, 11) is 0. The molecule has 4 nitrogen and oxygen atoms in total. The van der Waals surface area contributed by atoms with Gasteiger partial charge in [-0.3, -0.25) is 4.79 Å². The van der Waals surface area contributed by atoms with Crippen molar-refractivity contribution in [3.05, 3.63) is 59.3 Å². The van der Waals surface area contributed by atoms with Crippen LogP contribution in [0.3, 0.4) is 0 Å². The first-order valence-corrected chi connectivity index (χ1v) is 10.3. The number of nitrogens with one attached hydrogen (secondary N) is 1.